The Morgan fingerprint density at radius 2 is 2.08 bits per heavy atom. The van der Waals surface area contributed by atoms with E-state index in [-0.39, 0.29) is 23.5 Å². The lowest BCUT2D eigenvalue weighted by Crippen LogP contribution is -2.62. The van der Waals surface area contributed by atoms with Gasteiger partial charge in [0.15, 0.2) is 0 Å². The number of pyridine rings is 1. The molecule has 2 fully saturated rings. The van der Waals surface area contributed by atoms with Crippen LogP contribution in [0, 0.1) is 5.41 Å². The fraction of sp³-hybridized carbons (Fsp3) is 0.667. The monoisotopic (exact) mass is 333 g/mol. The number of carbonyl (C=O) groups excluding carboxylic acids is 1. The number of hydrogen-bond acceptors (Lipinski definition) is 5. The molecule has 1 spiro atoms. The van der Waals surface area contributed by atoms with Gasteiger partial charge in [-0.3, -0.25) is 9.78 Å². The molecular weight excluding hydrogens is 306 g/mol. The van der Waals surface area contributed by atoms with Gasteiger partial charge in [-0.2, -0.15) is 0 Å². The van der Waals surface area contributed by atoms with Gasteiger partial charge in [-0.25, -0.2) is 0 Å². The number of rotatable bonds is 6. The van der Waals surface area contributed by atoms with E-state index in [1.54, 1.807) is 12.4 Å². The van der Waals surface area contributed by atoms with Gasteiger partial charge in [0, 0.05) is 50.3 Å². The van der Waals surface area contributed by atoms with Gasteiger partial charge in [-0.15, -0.1) is 0 Å². The number of ether oxygens (including phenoxy) is 1. The number of aliphatic hydroxyl groups excluding tert-OH is 1. The first kappa shape index (κ1) is 17.3. The van der Waals surface area contributed by atoms with E-state index < -0.39 is 0 Å². The molecule has 1 aliphatic heterocycles. The second-order valence-electron chi connectivity index (χ2n) is 6.87. The summed E-state index contributed by atoms with van der Waals surface area (Å²) in [5.41, 5.74) is 6.47. The molecule has 1 saturated heterocycles. The Balaban J connectivity index is 1.48. The van der Waals surface area contributed by atoms with Crippen LogP contribution in [-0.2, 0) is 16.0 Å². The maximum atomic E-state index is 12.4. The summed E-state index contributed by atoms with van der Waals surface area (Å²) in [7, 11) is 0. The van der Waals surface area contributed by atoms with Crippen molar-refractivity contribution in [2.75, 3.05) is 26.2 Å². The summed E-state index contributed by atoms with van der Waals surface area (Å²) in [5, 5.41) is 10.2. The molecule has 0 radical (unpaired) electrons. The van der Waals surface area contributed by atoms with Crippen molar-refractivity contribution in [2.45, 2.75) is 44.3 Å². The quantitative estimate of drug-likeness (QED) is 0.801. The first-order chi connectivity index (χ1) is 11.7. The predicted molar refractivity (Wildman–Crippen MR) is 90.2 cm³/mol. The number of nitrogens with two attached hydrogens (primary N) is 1. The molecule has 3 rings (SSSR count). The molecule has 0 unspecified atom stereocenters. The third-order valence-corrected chi connectivity index (χ3v) is 5.60. The number of aryl methyl sites for hydroxylation is 1. The maximum Gasteiger partial charge on any atom is 0.222 e. The van der Waals surface area contributed by atoms with Crippen LogP contribution in [0.5, 0.6) is 0 Å². The van der Waals surface area contributed by atoms with E-state index in [0.29, 0.717) is 39.1 Å². The zero-order valence-electron chi connectivity index (χ0n) is 14.1. The molecule has 6 nitrogen and oxygen atoms in total. The average Bonchev–Trinajstić information content (AvgIpc) is 2.64. The van der Waals surface area contributed by atoms with Gasteiger partial charge in [-0.1, -0.05) is 0 Å². The lowest BCUT2D eigenvalue weighted by molar-refractivity contribution is -0.210. The van der Waals surface area contributed by atoms with Gasteiger partial charge in [-0.05, 0) is 37.0 Å². The fourth-order valence-electron chi connectivity index (χ4n) is 3.96. The molecule has 0 aromatic carbocycles. The number of nitrogens with zero attached hydrogens (tertiary/aromatic N) is 2. The molecular formula is C18H27N3O3. The number of likely N-dealkylation sites (tertiary alicyclic amines) is 1. The van der Waals surface area contributed by atoms with Gasteiger partial charge in [0.2, 0.25) is 5.91 Å². The van der Waals surface area contributed by atoms with E-state index >= 15 is 0 Å². The second-order valence-corrected chi connectivity index (χ2v) is 6.87. The molecule has 24 heavy (non-hydrogen) atoms. The van der Waals surface area contributed by atoms with Gasteiger partial charge in [0.1, 0.15) is 0 Å². The van der Waals surface area contributed by atoms with Crippen LogP contribution in [0.1, 0.15) is 31.2 Å². The van der Waals surface area contributed by atoms with Gasteiger partial charge in [0.05, 0.1) is 18.8 Å². The Kier molecular flexibility index (Phi) is 5.48. The molecule has 3 N–H and O–H groups in total. The molecule has 0 bridgehead atoms. The Labute approximate surface area is 143 Å². The maximum absolute atomic E-state index is 12.4. The summed E-state index contributed by atoms with van der Waals surface area (Å²) in [4.78, 5) is 18.3. The zero-order chi connectivity index (χ0) is 17.0. The van der Waals surface area contributed by atoms with E-state index in [0.717, 1.165) is 24.8 Å². The third kappa shape index (κ3) is 3.45. The van der Waals surface area contributed by atoms with Crippen molar-refractivity contribution in [2.24, 2.45) is 11.1 Å². The number of aliphatic hydroxyl groups is 1. The van der Waals surface area contributed by atoms with Crippen LogP contribution in [-0.4, -0.2) is 59.3 Å². The van der Waals surface area contributed by atoms with Crippen molar-refractivity contribution in [3.63, 3.8) is 0 Å². The predicted octanol–water partition coefficient (Wildman–Crippen LogP) is 0.732. The van der Waals surface area contributed by atoms with Gasteiger partial charge >= 0.3 is 0 Å². The summed E-state index contributed by atoms with van der Waals surface area (Å²) in [6.07, 6.45) is 6.86. The number of amides is 1. The van der Waals surface area contributed by atoms with E-state index in [9.17, 15) is 9.90 Å². The molecule has 6 heteroatoms. The van der Waals surface area contributed by atoms with Crippen LogP contribution in [0.15, 0.2) is 24.5 Å². The highest BCUT2D eigenvalue weighted by Gasteiger charge is 2.56. The first-order valence-corrected chi connectivity index (χ1v) is 8.82. The van der Waals surface area contributed by atoms with Crippen LogP contribution < -0.4 is 5.73 Å². The minimum atomic E-state index is -0.311. The van der Waals surface area contributed by atoms with Crippen molar-refractivity contribution < 1.29 is 14.6 Å². The Morgan fingerprint density at radius 1 is 1.38 bits per heavy atom. The lowest BCUT2D eigenvalue weighted by atomic mass is 9.58. The number of carbonyl (C=O) groups is 1. The minimum absolute atomic E-state index is 0.0881. The van der Waals surface area contributed by atoms with Crippen molar-refractivity contribution in [3.8, 4) is 0 Å². The molecule has 2 heterocycles. The standard InChI is InChI=1S/C18H27N3O3/c19-7-12-24-16-13-15(22)18(16)5-10-21(11-6-18)17(23)2-1-14-3-8-20-9-4-14/h3-4,8-9,15-16,22H,1-2,5-7,10-13,19H2/t15-,16+/m0/s1. The van der Waals surface area contributed by atoms with E-state index in [2.05, 4.69) is 4.98 Å². The summed E-state index contributed by atoms with van der Waals surface area (Å²) in [6.45, 7) is 2.44. The molecule has 2 atom stereocenters. The topological polar surface area (TPSA) is 88.7 Å². The summed E-state index contributed by atoms with van der Waals surface area (Å²) >= 11 is 0. The van der Waals surface area contributed by atoms with Crippen molar-refractivity contribution in [1.82, 2.24) is 9.88 Å². The van der Waals surface area contributed by atoms with Crippen molar-refractivity contribution in [3.05, 3.63) is 30.1 Å². The summed E-state index contributed by atoms with van der Waals surface area (Å²) in [6, 6.07) is 3.89. The van der Waals surface area contributed by atoms with E-state index in [4.69, 9.17) is 10.5 Å². The zero-order valence-corrected chi connectivity index (χ0v) is 14.1. The van der Waals surface area contributed by atoms with E-state index in [1.165, 1.54) is 0 Å². The lowest BCUT2D eigenvalue weighted by Gasteiger charge is -2.56. The van der Waals surface area contributed by atoms with Crippen LogP contribution in [0.3, 0.4) is 0 Å². The second kappa shape index (κ2) is 7.59. The van der Waals surface area contributed by atoms with Gasteiger partial charge < -0.3 is 20.5 Å². The highest BCUT2D eigenvalue weighted by atomic mass is 16.5. The number of aromatic nitrogens is 1. The highest BCUT2D eigenvalue weighted by molar-refractivity contribution is 5.76. The van der Waals surface area contributed by atoms with Gasteiger partial charge in [0.25, 0.3) is 0 Å². The van der Waals surface area contributed by atoms with E-state index in [1.807, 2.05) is 17.0 Å². The van der Waals surface area contributed by atoms with Crippen molar-refractivity contribution in [1.29, 1.82) is 0 Å². The molecule has 1 aromatic rings. The normalized spacial score (nSPS) is 25.5. The van der Waals surface area contributed by atoms with Crippen molar-refractivity contribution >= 4 is 5.91 Å². The van der Waals surface area contributed by atoms with Crippen LogP contribution in [0.4, 0.5) is 0 Å². The Morgan fingerprint density at radius 3 is 2.71 bits per heavy atom. The third-order valence-electron chi connectivity index (χ3n) is 5.60. The van der Waals surface area contributed by atoms with Crippen LogP contribution in [0.2, 0.25) is 0 Å². The molecule has 1 aliphatic carbocycles. The molecule has 1 aromatic heterocycles. The molecule has 132 valence electrons. The Bertz CT molecular complexity index is 544. The molecule has 1 saturated carbocycles. The van der Waals surface area contributed by atoms with Crippen LogP contribution >= 0.6 is 0 Å². The SMILES string of the molecule is NCCO[C@@H]1C[C@H](O)C12CCN(C(=O)CCc1ccncc1)CC2. The largest absolute Gasteiger partial charge is 0.392 e. The number of hydrogen-bond donors (Lipinski definition) is 2. The number of piperidine rings is 1. The Hall–Kier alpha value is -1.50. The minimum Gasteiger partial charge on any atom is -0.392 e. The fourth-order valence-corrected chi connectivity index (χ4v) is 3.96. The summed E-state index contributed by atoms with van der Waals surface area (Å²) < 4.78 is 5.80. The average molecular weight is 333 g/mol. The summed E-state index contributed by atoms with van der Waals surface area (Å²) in [5.74, 6) is 0.190. The molecule has 1 amide bonds. The van der Waals surface area contributed by atoms with Crippen LogP contribution in [0.25, 0.3) is 0 Å². The molecule has 2 aliphatic rings. The smallest absolute Gasteiger partial charge is 0.222 e. The highest BCUT2D eigenvalue weighted by Crippen LogP contribution is 2.50. The first-order valence-electron chi connectivity index (χ1n) is 8.82.